The van der Waals surface area contributed by atoms with Gasteiger partial charge in [-0.05, 0) is 32.4 Å². The fourth-order valence-corrected chi connectivity index (χ4v) is 2.33. The van der Waals surface area contributed by atoms with Gasteiger partial charge in [0.05, 0.1) is 5.02 Å². The zero-order valence-corrected chi connectivity index (χ0v) is 12.4. The maximum Gasteiger partial charge on any atom is 0.328 e. The highest BCUT2D eigenvalue weighted by atomic mass is 35.5. The molecule has 0 bridgehead atoms. The average Bonchev–Trinajstić information content (AvgIpc) is 2.33. The van der Waals surface area contributed by atoms with Crippen LogP contribution in [0, 0.1) is 5.82 Å². The summed E-state index contributed by atoms with van der Waals surface area (Å²) in [5.41, 5.74) is -1.32. The van der Waals surface area contributed by atoms with Gasteiger partial charge in [-0.15, -0.1) is 0 Å². The molecule has 1 aromatic carbocycles. The summed E-state index contributed by atoms with van der Waals surface area (Å²) >= 11 is 11.6. The Balaban J connectivity index is 3.34. The molecule has 0 aliphatic carbocycles. The SMILES string of the molecule is CCC(C)NC(C)(C(=O)O)c1cc(F)c(Cl)cc1Cl. The molecule has 0 fully saturated rings. The van der Waals surface area contributed by atoms with Crippen LogP contribution in [0.25, 0.3) is 0 Å². The molecule has 0 radical (unpaired) electrons. The molecule has 1 rings (SSSR count). The summed E-state index contributed by atoms with van der Waals surface area (Å²) in [6.45, 7) is 5.22. The Hall–Kier alpha value is -0.840. The van der Waals surface area contributed by atoms with E-state index in [1.807, 2.05) is 13.8 Å². The lowest BCUT2D eigenvalue weighted by Gasteiger charge is -2.31. The highest BCUT2D eigenvalue weighted by Crippen LogP contribution is 2.33. The third-order valence-electron chi connectivity index (χ3n) is 3.12. The summed E-state index contributed by atoms with van der Waals surface area (Å²) in [6, 6.07) is 2.22. The van der Waals surface area contributed by atoms with Gasteiger partial charge >= 0.3 is 5.97 Å². The van der Waals surface area contributed by atoms with E-state index in [0.29, 0.717) is 0 Å². The minimum absolute atomic E-state index is 0.0593. The van der Waals surface area contributed by atoms with E-state index in [1.165, 1.54) is 13.0 Å². The Labute approximate surface area is 121 Å². The molecule has 3 nitrogen and oxygen atoms in total. The van der Waals surface area contributed by atoms with Crippen molar-refractivity contribution < 1.29 is 14.3 Å². The normalized spacial score (nSPS) is 15.9. The first kappa shape index (κ1) is 16.2. The van der Waals surface area contributed by atoms with Crippen molar-refractivity contribution in [1.82, 2.24) is 5.32 Å². The molecule has 0 aromatic heterocycles. The van der Waals surface area contributed by atoms with Crippen LogP contribution in [-0.4, -0.2) is 17.1 Å². The van der Waals surface area contributed by atoms with Crippen molar-refractivity contribution in [2.45, 2.75) is 38.8 Å². The summed E-state index contributed by atoms with van der Waals surface area (Å²) in [6.07, 6.45) is 0.733. The molecule has 1 aromatic rings. The summed E-state index contributed by atoms with van der Waals surface area (Å²) in [5, 5.41) is 12.4. The fourth-order valence-electron chi connectivity index (χ4n) is 1.76. The summed E-state index contributed by atoms with van der Waals surface area (Å²) in [7, 11) is 0. The number of hydrogen-bond acceptors (Lipinski definition) is 2. The van der Waals surface area contributed by atoms with Gasteiger partial charge in [0.2, 0.25) is 0 Å². The standard InChI is InChI=1S/C13H16Cl2FNO2/c1-4-7(2)17-13(3,12(18)19)8-5-11(16)10(15)6-9(8)14/h5-7,17H,4H2,1-3H3,(H,18,19). The van der Waals surface area contributed by atoms with E-state index in [1.54, 1.807) is 0 Å². The second-order valence-electron chi connectivity index (χ2n) is 4.63. The first-order valence-corrected chi connectivity index (χ1v) is 6.64. The number of hydrogen-bond donors (Lipinski definition) is 2. The third kappa shape index (κ3) is 3.38. The molecule has 106 valence electrons. The Morgan fingerprint density at radius 1 is 1.47 bits per heavy atom. The van der Waals surface area contributed by atoms with Crippen molar-refractivity contribution in [2.24, 2.45) is 0 Å². The number of rotatable bonds is 5. The van der Waals surface area contributed by atoms with Gasteiger partial charge in [-0.1, -0.05) is 30.1 Å². The van der Waals surface area contributed by atoms with Crippen LogP contribution in [0.1, 0.15) is 32.8 Å². The van der Waals surface area contributed by atoms with E-state index in [9.17, 15) is 14.3 Å². The first-order chi connectivity index (χ1) is 8.72. The zero-order valence-electron chi connectivity index (χ0n) is 10.9. The van der Waals surface area contributed by atoms with Gasteiger partial charge in [0.15, 0.2) is 0 Å². The van der Waals surface area contributed by atoms with E-state index in [2.05, 4.69) is 5.32 Å². The lowest BCUT2D eigenvalue weighted by Crippen LogP contribution is -2.50. The van der Waals surface area contributed by atoms with E-state index < -0.39 is 17.3 Å². The van der Waals surface area contributed by atoms with Gasteiger partial charge in [0, 0.05) is 16.6 Å². The molecule has 19 heavy (non-hydrogen) atoms. The van der Waals surface area contributed by atoms with Crippen molar-refractivity contribution in [3.8, 4) is 0 Å². The lowest BCUT2D eigenvalue weighted by molar-refractivity contribution is -0.145. The molecular weight excluding hydrogens is 292 g/mol. The van der Waals surface area contributed by atoms with E-state index in [0.717, 1.165) is 12.5 Å². The lowest BCUT2D eigenvalue weighted by atomic mass is 9.90. The topological polar surface area (TPSA) is 49.3 Å². The van der Waals surface area contributed by atoms with Crippen molar-refractivity contribution in [3.63, 3.8) is 0 Å². The monoisotopic (exact) mass is 307 g/mol. The van der Waals surface area contributed by atoms with Crippen LogP contribution in [0.3, 0.4) is 0 Å². The van der Waals surface area contributed by atoms with Crippen molar-refractivity contribution in [1.29, 1.82) is 0 Å². The van der Waals surface area contributed by atoms with Crippen molar-refractivity contribution in [3.05, 3.63) is 33.6 Å². The van der Waals surface area contributed by atoms with Gasteiger partial charge in [0.1, 0.15) is 11.4 Å². The van der Waals surface area contributed by atoms with Gasteiger partial charge in [-0.2, -0.15) is 0 Å². The van der Waals surface area contributed by atoms with Gasteiger partial charge in [0.25, 0.3) is 0 Å². The highest BCUT2D eigenvalue weighted by Gasteiger charge is 2.38. The summed E-state index contributed by atoms with van der Waals surface area (Å²) < 4.78 is 13.6. The minimum atomic E-state index is -1.47. The zero-order chi connectivity index (χ0) is 14.8. The Bertz CT molecular complexity index is 496. The largest absolute Gasteiger partial charge is 0.480 e. The predicted molar refractivity (Wildman–Crippen MR) is 74.3 cm³/mol. The third-order valence-corrected chi connectivity index (χ3v) is 3.73. The van der Waals surface area contributed by atoms with E-state index in [-0.39, 0.29) is 21.7 Å². The molecule has 0 saturated carbocycles. The Kier molecular flexibility index (Phi) is 5.18. The van der Waals surface area contributed by atoms with E-state index in [4.69, 9.17) is 23.2 Å². The molecule has 0 spiro atoms. The number of aliphatic carboxylic acids is 1. The minimum Gasteiger partial charge on any atom is -0.480 e. The highest BCUT2D eigenvalue weighted by molar-refractivity contribution is 6.35. The maximum absolute atomic E-state index is 13.6. The Morgan fingerprint density at radius 3 is 2.53 bits per heavy atom. The van der Waals surface area contributed by atoms with Crippen LogP contribution in [0.2, 0.25) is 10.0 Å². The molecule has 0 aliphatic rings. The maximum atomic E-state index is 13.6. The number of carbonyl (C=O) groups is 1. The number of carboxylic acid groups (broad SMARTS) is 1. The second-order valence-corrected chi connectivity index (χ2v) is 5.44. The molecule has 0 saturated heterocycles. The van der Waals surface area contributed by atoms with Crippen LogP contribution < -0.4 is 5.32 Å². The number of carboxylic acids is 1. The quantitative estimate of drug-likeness (QED) is 0.813. The molecule has 6 heteroatoms. The molecule has 2 unspecified atom stereocenters. The van der Waals surface area contributed by atoms with Gasteiger partial charge in [-0.25, -0.2) is 9.18 Å². The summed E-state index contributed by atoms with van der Waals surface area (Å²) in [4.78, 5) is 11.5. The molecule has 2 N–H and O–H groups in total. The first-order valence-electron chi connectivity index (χ1n) is 5.88. The molecule has 0 heterocycles. The molecular formula is C13H16Cl2FNO2. The molecule has 0 amide bonds. The fraction of sp³-hybridized carbons (Fsp3) is 0.462. The van der Waals surface area contributed by atoms with E-state index >= 15 is 0 Å². The van der Waals surface area contributed by atoms with Gasteiger partial charge < -0.3 is 5.11 Å². The van der Waals surface area contributed by atoms with Crippen molar-refractivity contribution >= 4 is 29.2 Å². The van der Waals surface area contributed by atoms with Crippen LogP contribution in [0.5, 0.6) is 0 Å². The van der Waals surface area contributed by atoms with Crippen LogP contribution in [-0.2, 0) is 10.3 Å². The van der Waals surface area contributed by atoms with Crippen molar-refractivity contribution in [2.75, 3.05) is 0 Å². The van der Waals surface area contributed by atoms with Crippen LogP contribution in [0.4, 0.5) is 4.39 Å². The number of halogens is 3. The average molecular weight is 308 g/mol. The number of nitrogens with one attached hydrogen (secondary N) is 1. The molecule has 2 atom stereocenters. The predicted octanol–water partition coefficient (Wildman–Crippen LogP) is 3.82. The molecule has 0 aliphatic heterocycles. The Morgan fingerprint density at radius 2 is 2.05 bits per heavy atom. The smallest absolute Gasteiger partial charge is 0.328 e. The van der Waals surface area contributed by atoms with Gasteiger partial charge in [-0.3, -0.25) is 5.32 Å². The van der Waals surface area contributed by atoms with Crippen LogP contribution in [0.15, 0.2) is 12.1 Å². The summed E-state index contributed by atoms with van der Waals surface area (Å²) in [5.74, 6) is -1.82. The second kappa shape index (κ2) is 6.07. The van der Waals surface area contributed by atoms with Crippen LogP contribution >= 0.6 is 23.2 Å². The number of benzene rings is 1.